The summed E-state index contributed by atoms with van der Waals surface area (Å²) in [7, 11) is 0. The van der Waals surface area contributed by atoms with Crippen LogP contribution in [0.2, 0.25) is 0 Å². The van der Waals surface area contributed by atoms with Crippen LogP contribution in [0.4, 0.5) is 0 Å². The van der Waals surface area contributed by atoms with Crippen molar-refractivity contribution in [2.24, 2.45) is 0 Å². The van der Waals surface area contributed by atoms with Crippen molar-refractivity contribution in [1.82, 2.24) is 0 Å². The Bertz CT molecular complexity index is 284. The molecule has 1 N–H and O–H groups in total. The first-order valence-electron chi connectivity index (χ1n) is 4.68. The predicted molar refractivity (Wildman–Crippen MR) is 59.2 cm³/mol. The summed E-state index contributed by atoms with van der Waals surface area (Å²) < 4.78 is 1.17. The minimum atomic E-state index is -0.125. The lowest BCUT2D eigenvalue weighted by Gasteiger charge is -2.27. The van der Waals surface area contributed by atoms with Crippen molar-refractivity contribution in [2.45, 2.75) is 37.7 Å². The second-order valence-corrected chi connectivity index (χ2v) is 5.23. The fourth-order valence-corrected chi connectivity index (χ4v) is 3.69. The third kappa shape index (κ3) is 1.97. The van der Waals surface area contributed by atoms with E-state index in [-0.39, 0.29) is 6.10 Å². The summed E-state index contributed by atoms with van der Waals surface area (Å²) in [4.78, 5) is 0. The molecule has 1 fully saturated rings. The van der Waals surface area contributed by atoms with E-state index in [4.69, 9.17) is 0 Å². The van der Waals surface area contributed by atoms with Gasteiger partial charge in [-0.25, -0.2) is 0 Å². The third-order valence-corrected chi connectivity index (χ3v) is 4.52. The molecule has 0 amide bonds. The molecule has 0 aliphatic heterocycles. The van der Waals surface area contributed by atoms with Gasteiger partial charge in [-0.3, -0.25) is 0 Å². The van der Waals surface area contributed by atoms with E-state index in [1.54, 1.807) is 11.3 Å². The molecule has 1 nitrogen and oxygen atoms in total. The van der Waals surface area contributed by atoms with E-state index in [9.17, 15) is 5.11 Å². The van der Waals surface area contributed by atoms with E-state index in [1.165, 1.54) is 22.9 Å². The predicted octanol–water partition coefficient (Wildman–Crippen LogP) is 3.53. The standard InChI is InChI=1S/C10H13BrOS/c11-9-6-13-5-8(9)7-3-1-2-4-10(7)12/h5-7,10,12H,1-4H2. The second kappa shape index (κ2) is 4.11. The van der Waals surface area contributed by atoms with Crippen LogP contribution in [0.3, 0.4) is 0 Å². The summed E-state index contributed by atoms with van der Waals surface area (Å²) in [5, 5.41) is 14.1. The molecule has 2 unspecified atom stereocenters. The Labute approximate surface area is 90.9 Å². The highest BCUT2D eigenvalue weighted by atomic mass is 79.9. The minimum absolute atomic E-state index is 0.125. The van der Waals surface area contributed by atoms with Crippen LogP contribution in [-0.4, -0.2) is 11.2 Å². The average Bonchev–Trinajstić information content (AvgIpc) is 2.52. The van der Waals surface area contributed by atoms with E-state index in [2.05, 4.69) is 26.7 Å². The highest BCUT2D eigenvalue weighted by molar-refractivity contribution is 9.10. The van der Waals surface area contributed by atoms with Crippen LogP contribution in [0.5, 0.6) is 0 Å². The topological polar surface area (TPSA) is 20.2 Å². The van der Waals surface area contributed by atoms with Crippen molar-refractivity contribution in [2.75, 3.05) is 0 Å². The van der Waals surface area contributed by atoms with Gasteiger partial charge in [-0.05, 0) is 39.7 Å². The second-order valence-electron chi connectivity index (χ2n) is 3.63. The molecule has 2 atom stereocenters. The fraction of sp³-hybridized carbons (Fsp3) is 0.600. The lowest BCUT2D eigenvalue weighted by Crippen LogP contribution is -2.22. The van der Waals surface area contributed by atoms with Crippen molar-refractivity contribution in [3.8, 4) is 0 Å². The van der Waals surface area contributed by atoms with Crippen molar-refractivity contribution in [1.29, 1.82) is 0 Å². The molecule has 1 aliphatic rings. The monoisotopic (exact) mass is 260 g/mol. The van der Waals surface area contributed by atoms with Gasteiger partial charge in [-0.15, -0.1) is 0 Å². The van der Waals surface area contributed by atoms with Crippen LogP contribution in [-0.2, 0) is 0 Å². The molecule has 3 heteroatoms. The van der Waals surface area contributed by atoms with Crippen molar-refractivity contribution in [3.63, 3.8) is 0 Å². The molecule has 1 heterocycles. The van der Waals surface area contributed by atoms with Gasteiger partial charge in [-0.1, -0.05) is 12.8 Å². The van der Waals surface area contributed by atoms with Crippen molar-refractivity contribution >= 4 is 27.3 Å². The van der Waals surface area contributed by atoms with E-state index in [1.807, 2.05) is 0 Å². The van der Waals surface area contributed by atoms with Crippen LogP contribution >= 0.6 is 27.3 Å². The summed E-state index contributed by atoms with van der Waals surface area (Å²) in [5.74, 6) is 0.370. The van der Waals surface area contributed by atoms with Crippen molar-refractivity contribution in [3.05, 3.63) is 20.8 Å². The number of thiophene rings is 1. The number of hydrogen-bond acceptors (Lipinski definition) is 2. The SMILES string of the molecule is OC1CCCCC1c1cscc1Br. The molecule has 0 saturated heterocycles. The Morgan fingerprint density at radius 3 is 2.69 bits per heavy atom. The lowest BCUT2D eigenvalue weighted by molar-refractivity contribution is 0.106. The number of aliphatic hydroxyl groups excluding tert-OH is 1. The van der Waals surface area contributed by atoms with Gasteiger partial charge in [0.05, 0.1) is 6.10 Å². The van der Waals surface area contributed by atoms with Gasteiger partial charge in [0.15, 0.2) is 0 Å². The quantitative estimate of drug-likeness (QED) is 0.819. The Kier molecular flexibility index (Phi) is 3.06. The first-order chi connectivity index (χ1) is 6.29. The average molecular weight is 261 g/mol. The van der Waals surface area contributed by atoms with Gasteiger partial charge in [0.25, 0.3) is 0 Å². The summed E-state index contributed by atoms with van der Waals surface area (Å²) in [6, 6.07) is 0. The first kappa shape index (κ1) is 9.69. The molecular formula is C10H13BrOS. The number of halogens is 1. The molecule has 1 saturated carbocycles. The van der Waals surface area contributed by atoms with E-state index in [0.717, 1.165) is 12.8 Å². The molecule has 0 aromatic carbocycles. The minimum Gasteiger partial charge on any atom is -0.392 e. The van der Waals surface area contributed by atoms with Gasteiger partial charge in [0.2, 0.25) is 0 Å². The van der Waals surface area contributed by atoms with E-state index < -0.39 is 0 Å². The Morgan fingerprint density at radius 1 is 1.31 bits per heavy atom. The van der Waals surface area contributed by atoms with Crippen LogP contribution in [0.15, 0.2) is 15.2 Å². The van der Waals surface area contributed by atoms with Gasteiger partial charge in [-0.2, -0.15) is 11.3 Å². The van der Waals surface area contributed by atoms with E-state index in [0.29, 0.717) is 5.92 Å². The van der Waals surface area contributed by atoms with E-state index >= 15 is 0 Å². The van der Waals surface area contributed by atoms with Crippen LogP contribution in [0, 0.1) is 0 Å². The Hall–Kier alpha value is 0.140. The van der Waals surface area contributed by atoms with Gasteiger partial charge in [0.1, 0.15) is 0 Å². The maximum atomic E-state index is 9.85. The summed E-state index contributed by atoms with van der Waals surface area (Å²) in [6.07, 6.45) is 4.41. The zero-order valence-electron chi connectivity index (χ0n) is 7.37. The molecule has 0 bridgehead atoms. The van der Waals surface area contributed by atoms with Gasteiger partial charge < -0.3 is 5.11 Å². The molecule has 0 radical (unpaired) electrons. The fourth-order valence-electron chi connectivity index (χ4n) is 2.03. The number of rotatable bonds is 1. The highest BCUT2D eigenvalue weighted by Gasteiger charge is 2.26. The normalized spacial score (nSPS) is 29.1. The smallest absolute Gasteiger partial charge is 0.0609 e. The molecule has 1 aliphatic carbocycles. The Balaban J connectivity index is 2.19. The molecular weight excluding hydrogens is 248 g/mol. The molecule has 1 aromatic rings. The molecule has 13 heavy (non-hydrogen) atoms. The van der Waals surface area contributed by atoms with Gasteiger partial charge in [0, 0.05) is 15.8 Å². The zero-order chi connectivity index (χ0) is 9.26. The summed E-state index contributed by atoms with van der Waals surface area (Å²) in [5.41, 5.74) is 1.30. The van der Waals surface area contributed by atoms with Crippen LogP contribution < -0.4 is 0 Å². The number of aliphatic hydroxyl groups is 1. The zero-order valence-corrected chi connectivity index (χ0v) is 9.77. The maximum absolute atomic E-state index is 9.85. The van der Waals surface area contributed by atoms with Crippen LogP contribution in [0.1, 0.15) is 37.2 Å². The first-order valence-corrected chi connectivity index (χ1v) is 6.42. The molecule has 2 rings (SSSR count). The highest BCUT2D eigenvalue weighted by Crippen LogP contribution is 2.38. The molecule has 0 spiro atoms. The van der Waals surface area contributed by atoms with Gasteiger partial charge >= 0.3 is 0 Å². The molecule has 72 valence electrons. The maximum Gasteiger partial charge on any atom is 0.0609 e. The van der Waals surface area contributed by atoms with Crippen LogP contribution in [0.25, 0.3) is 0 Å². The lowest BCUT2D eigenvalue weighted by atomic mass is 9.83. The van der Waals surface area contributed by atoms with Crippen molar-refractivity contribution < 1.29 is 5.11 Å². The third-order valence-electron chi connectivity index (χ3n) is 2.77. The summed E-state index contributed by atoms with van der Waals surface area (Å²) >= 11 is 5.23. The largest absolute Gasteiger partial charge is 0.392 e. The number of hydrogen-bond donors (Lipinski definition) is 1. The Morgan fingerprint density at radius 2 is 2.08 bits per heavy atom. The summed E-state index contributed by atoms with van der Waals surface area (Å²) in [6.45, 7) is 0. The molecule has 1 aromatic heterocycles.